The Morgan fingerprint density at radius 2 is 2.00 bits per heavy atom. The van der Waals surface area contributed by atoms with Crippen molar-refractivity contribution >= 4 is 17.5 Å². The topological polar surface area (TPSA) is 87.9 Å². The molecule has 0 spiro atoms. The number of carbonyl (C=O) groups excluding carboxylic acids is 1. The predicted octanol–water partition coefficient (Wildman–Crippen LogP) is 4.25. The Labute approximate surface area is 169 Å². The van der Waals surface area contributed by atoms with Crippen LogP contribution in [0.2, 0.25) is 5.02 Å². The Morgan fingerprint density at radius 3 is 2.57 bits per heavy atom. The van der Waals surface area contributed by atoms with Gasteiger partial charge in [-0.3, -0.25) is 9.78 Å². The molecule has 0 bridgehead atoms. The number of ether oxygens (including phenoxy) is 1. The number of hydrogen-bond acceptors (Lipinski definition) is 5. The lowest BCUT2D eigenvalue weighted by atomic mass is 9.93. The van der Waals surface area contributed by atoms with Gasteiger partial charge in [0, 0.05) is 18.3 Å². The van der Waals surface area contributed by atoms with E-state index in [0.717, 1.165) is 31.4 Å². The van der Waals surface area contributed by atoms with Crippen molar-refractivity contribution < 1.29 is 9.53 Å². The number of rotatable bonds is 5. The van der Waals surface area contributed by atoms with Gasteiger partial charge in [0.05, 0.1) is 28.6 Å². The number of benzene rings is 1. The molecule has 1 aromatic heterocycles. The van der Waals surface area contributed by atoms with Crippen LogP contribution in [0.5, 0.6) is 5.75 Å². The van der Waals surface area contributed by atoms with Gasteiger partial charge >= 0.3 is 0 Å². The maximum Gasteiger partial charge on any atom is 0.271 e. The second kappa shape index (κ2) is 9.03. The molecule has 0 unspecified atom stereocenters. The van der Waals surface area contributed by atoms with Gasteiger partial charge < -0.3 is 10.1 Å². The second-order valence-electron chi connectivity index (χ2n) is 7.30. The Balaban J connectivity index is 1.49. The molecule has 0 aliphatic heterocycles. The first-order valence-corrected chi connectivity index (χ1v) is 9.83. The Morgan fingerprint density at radius 1 is 1.25 bits per heavy atom. The summed E-state index contributed by atoms with van der Waals surface area (Å²) in [4.78, 5) is 20.9. The van der Waals surface area contributed by atoms with Crippen LogP contribution >= 0.6 is 11.6 Å². The van der Waals surface area contributed by atoms with Crippen molar-refractivity contribution in [2.75, 3.05) is 0 Å². The van der Waals surface area contributed by atoms with Gasteiger partial charge in [-0.25, -0.2) is 4.98 Å². The molecule has 1 aromatic carbocycles. The Hall–Kier alpha value is -2.65. The van der Waals surface area contributed by atoms with E-state index in [2.05, 4.69) is 15.3 Å². The molecule has 3 rings (SSSR count). The maximum atomic E-state index is 12.4. The highest BCUT2D eigenvalue weighted by Crippen LogP contribution is 2.27. The molecular formula is C21H23ClN4O2. The van der Waals surface area contributed by atoms with Crippen molar-refractivity contribution in [1.29, 1.82) is 5.26 Å². The molecule has 1 heterocycles. The van der Waals surface area contributed by atoms with Crippen LogP contribution in [0.3, 0.4) is 0 Å². The van der Waals surface area contributed by atoms with Crippen molar-refractivity contribution in [3.05, 3.63) is 52.6 Å². The highest BCUT2D eigenvalue weighted by Gasteiger charge is 2.24. The summed E-state index contributed by atoms with van der Waals surface area (Å²) in [6, 6.07) is 7.23. The third-order valence-corrected chi connectivity index (χ3v) is 5.18. The fourth-order valence-corrected chi connectivity index (χ4v) is 3.40. The number of halogens is 1. The lowest BCUT2D eigenvalue weighted by Crippen LogP contribution is -2.40. The molecule has 146 valence electrons. The van der Waals surface area contributed by atoms with Crippen molar-refractivity contribution in [3.63, 3.8) is 0 Å². The zero-order valence-corrected chi connectivity index (χ0v) is 16.7. The van der Waals surface area contributed by atoms with Crippen LogP contribution < -0.4 is 10.1 Å². The van der Waals surface area contributed by atoms with Gasteiger partial charge in [-0.2, -0.15) is 5.26 Å². The molecule has 1 amide bonds. The first kappa shape index (κ1) is 20.1. The largest absolute Gasteiger partial charge is 0.490 e. The minimum Gasteiger partial charge on any atom is -0.490 e. The van der Waals surface area contributed by atoms with Crippen LogP contribution in [0.15, 0.2) is 30.6 Å². The zero-order chi connectivity index (χ0) is 20.1. The lowest BCUT2D eigenvalue weighted by molar-refractivity contribution is 0.0888. The SMILES string of the molecule is CC(C)c1cnc(C(=O)NC2CCC(Oc3ccc(C#N)c(Cl)c3)CC2)cn1. The lowest BCUT2D eigenvalue weighted by Gasteiger charge is -2.29. The van der Waals surface area contributed by atoms with Gasteiger partial charge in [-0.05, 0) is 43.7 Å². The second-order valence-corrected chi connectivity index (χ2v) is 7.71. The quantitative estimate of drug-likeness (QED) is 0.813. The van der Waals surface area contributed by atoms with E-state index in [4.69, 9.17) is 21.6 Å². The number of aromatic nitrogens is 2. The first-order valence-electron chi connectivity index (χ1n) is 9.45. The maximum absolute atomic E-state index is 12.4. The summed E-state index contributed by atoms with van der Waals surface area (Å²) in [5.41, 5.74) is 1.65. The summed E-state index contributed by atoms with van der Waals surface area (Å²) < 4.78 is 5.98. The van der Waals surface area contributed by atoms with Gasteiger partial charge in [0.15, 0.2) is 0 Å². The standard InChI is InChI=1S/C21H23ClN4O2/c1-13(2)19-11-25-20(12-24-19)21(27)26-15-4-7-16(8-5-15)28-17-6-3-14(10-23)18(22)9-17/h3,6,9,11-13,15-16H,4-5,7-8H2,1-2H3,(H,26,27). The minimum atomic E-state index is -0.189. The van der Waals surface area contributed by atoms with E-state index in [1.807, 2.05) is 19.9 Å². The number of nitrogens with one attached hydrogen (secondary N) is 1. The highest BCUT2D eigenvalue weighted by atomic mass is 35.5. The van der Waals surface area contributed by atoms with E-state index >= 15 is 0 Å². The molecule has 1 saturated carbocycles. The monoisotopic (exact) mass is 398 g/mol. The van der Waals surface area contributed by atoms with Crippen molar-refractivity contribution in [1.82, 2.24) is 15.3 Å². The van der Waals surface area contributed by atoms with Gasteiger partial charge in [0.25, 0.3) is 5.91 Å². The van der Waals surface area contributed by atoms with Gasteiger partial charge in [0.2, 0.25) is 0 Å². The molecule has 1 fully saturated rings. The summed E-state index contributed by atoms with van der Waals surface area (Å²) in [7, 11) is 0. The van der Waals surface area contributed by atoms with Gasteiger partial charge in [-0.1, -0.05) is 25.4 Å². The minimum absolute atomic E-state index is 0.0715. The molecule has 6 nitrogen and oxygen atoms in total. The molecule has 0 saturated heterocycles. The van der Waals surface area contributed by atoms with Gasteiger partial charge in [0.1, 0.15) is 17.5 Å². The number of nitrogens with zero attached hydrogens (tertiary/aromatic N) is 3. The van der Waals surface area contributed by atoms with E-state index in [-0.39, 0.29) is 24.0 Å². The Bertz CT molecular complexity index is 869. The molecular weight excluding hydrogens is 376 g/mol. The summed E-state index contributed by atoms with van der Waals surface area (Å²) in [6.45, 7) is 4.08. The fourth-order valence-electron chi connectivity index (χ4n) is 3.19. The highest BCUT2D eigenvalue weighted by molar-refractivity contribution is 6.31. The summed E-state index contributed by atoms with van der Waals surface area (Å²) in [5.74, 6) is 0.758. The van der Waals surface area contributed by atoms with Crippen molar-refractivity contribution in [2.24, 2.45) is 0 Å². The first-order chi connectivity index (χ1) is 13.5. The number of nitriles is 1. The number of carbonyl (C=O) groups is 1. The summed E-state index contributed by atoms with van der Waals surface area (Å²) in [5, 5.41) is 12.4. The van der Waals surface area contributed by atoms with E-state index in [1.54, 1.807) is 24.4 Å². The van der Waals surface area contributed by atoms with E-state index in [9.17, 15) is 4.79 Å². The number of amides is 1. The predicted molar refractivity (Wildman–Crippen MR) is 106 cm³/mol. The Kier molecular flexibility index (Phi) is 6.48. The average molecular weight is 399 g/mol. The normalized spacial score (nSPS) is 19.1. The van der Waals surface area contributed by atoms with E-state index in [0.29, 0.717) is 22.0 Å². The van der Waals surface area contributed by atoms with Crippen LogP contribution in [0.4, 0.5) is 0 Å². The molecule has 7 heteroatoms. The molecule has 1 aliphatic rings. The smallest absolute Gasteiger partial charge is 0.271 e. The average Bonchev–Trinajstić information content (AvgIpc) is 2.69. The van der Waals surface area contributed by atoms with E-state index in [1.165, 1.54) is 6.20 Å². The number of hydrogen-bond donors (Lipinski definition) is 1. The van der Waals surface area contributed by atoms with Crippen molar-refractivity contribution in [2.45, 2.75) is 57.6 Å². The fraction of sp³-hybridized carbons (Fsp3) is 0.429. The molecule has 28 heavy (non-hydrogen) atoms. The zero-order valence-electron chi connectivity index (χ0n) is 16.0. The third-order valence-electron chi connectivity index (χ3n) is 4.87. The van der Waals surface area contributed by atoms with Crippen LogP contribution in [0.25, 0.3) is 0 Å². The van der Waals surface area contributed by atoms with Gasteiger partial charge in [-0.15, -0.1) is 0 Å². The summed E-state index contributed by atoms with van der Waals surface area (Å²) >= 11 is 6.05. The van der Waals surface area contributed by atoms with Crippen LogP contribution in [0, 0.1) is 11.3 Å². The molecule has 0 radical (unpaired) electrons. The summed E-state index contributed by atoms with van der Waals surface area (Å²) in [6.07, 6.45) is 6.60. The van der Waals surface area contributed by atoms with Crippen LogP contribution in [-0.2, 0) is 0 Å². The van der Waals surface area contributed by atoms with E-state index < -0.39 is 0 Å². The molecule has 0 atom stereocenters. The molecule has 1 N–H and O–H groups in total. The molecule has 2 aromatic rings. The van der Waals surface area contributed by atoms with Crippen molar-refractivity contribution in [3.8, 4) is 11.8 Å². The van der Waals surface area contributed by atoms with Crippen LogP contribution in [0.1, 0.15) is 67.2 Å². The molecule has 1 aliphatic carbocycles. The third kappa shape index (κ3) is 4.99. The van der Waals surface area contributed by atoms with Crippen LogP contribution in [-0.4, -0.2) is 28.0 Å².